The van der Waals surface area contributed by atoms with E-state index in [1.165, 1.54) is 0 Å². The molecule has 0 aliphatic rings. The summed E-state index contributed by atoms with van der Waals surface area (Å²) in [5, 5.41) is 8.05. The molecule has 14 heavy (non-hydrogen) atoms. The van der Waals surface area contributed by atoms with Crippen LogP contribution in [0.3, 0.4) is 0 Å². The van der Waals surface area contributed by atoms with E-state index >= 15 is 0 Å². The van der Waals surface area contributed by atoms with E-state index in [-0.39, 0.29) is 0 Å². The predicted molar refractivity (Wildman–Crippen MR) is 55.8 cm³/mol. The first-order chi connectivity index (χ1) is 6.39. The highest BCUT2D eigenvalue weighted by Gasteiger charge is 2.17. The Morgan fingerprint density at radius 2 is 2.14 bits per heavy atom. The number of hydrogen-bond acceptors (Lipinski definition) is 4. The Morgan fingerprint density at radius 3 is 2.57 bits per heavy atom. The molecule has 0 saturated carbocycles. The van der Waals surface area contributed by atoms with Crippen LogP contribution in [0.5, 0.6) is 0 Å². The molecule has 0 bridgehead atoms. The average Bonchev–Trinajstić information content (AvgIpc) is 2.47. The van der Waals surface area contributed by atoms with Crippen molar-refractivity contribution >= 4 is 0 Å². The van der Waals surface area contributed by atoms with Crippen LogP contribution in [0.1, 0.15) is 19.5 Å². The van der Waals surface area contributed by atoms with Gasteiger partial charge in [-0.2, -0.15) is 0 Å². The maximum absolute atomic E-state index is 5.90. The zero-order valence-corrected chi connectivity index (χ0v) is 9.36. The van der Waals surface area contributed by atoms with Crippen LogP contribution >= 0.6 is 0 Å². The molecule has 1 rings (SSSR count). The molecule has 5 nitrogen and oxygen atoms in total. The van der Waals surface area contributed by atoms with Gasteiger partial charge in [0.2, 0.25) is 0 Å². The monoisotopic (exact) mass is 197 g/mol. The highest BCUT2D eigenvalue weighted by Crippen LogP contribution is 2.12. The fraction of sp³-hybridized carbons (Fsp3) is 0.778. The molecule has 0 aromatic carbocycles. The second kappa shape index (κ2) is 4.06. The van der Waals surface area contributed by atoms with Gasteiger partial charge in [0.05, 0.1) is 18.3 Å². The van der Waals surface area contributed by atoms with E-state index in [1.807, 2.05) is 38.8 Å². The van der Waals surface area contributed by atoms with Gasteiger partial charge in [0.25, 0.3) is 0 Å². The van der Waals surface area contributed by atoms with Gasteiger partial charge in [-0.05, 0) is 27.9 Å². The number of rotatable bonds is 4. The van der Waals surface area contributed by atoms with E-state index in [9.17, 15) is 0 Å². The Balaban J connectivity index is 2.60. The minimum absolute atomic E-state index is 0.406. The number of likely N-dealkylation sites (N-methyl/N-ethyl adjacent to an activating group) is 1. The van der Waals surface area contributed by atoms with Crippen molar-refractivity contribution in [2.75, 3.05) is 20.6 Å². The highest BCUT2D eigenvalue weighted by atomic mass is 15.4. The molecule has 0 atom stereocenters. The summed E-state index contributed by atoms with van der Waals surface area (Å²) in [7, 11) is 4.06. The summed E-state index contributed by atoms with van der Waals surface area (Å²) in [5.41, 5.74) is 6.32. The molecule has 80 valence electrons. The molecule has 2 N–H and O–H groups in total. The Bertz CT molecular complexity index is 284. The molecule has 0 radical (unpaired) electrons. The van der Waals surface area contributed by atoms with Crippen molar-refractivity contribution in [1.29, 1.82) is 0 Å². The van der Waals surface area contributed by atoms with Gasteiger partial charge >= 0.3 is 0 Å². The van der Waals surface area contributed by atoms with Crippen molar-refractivity contribution in [1.82, 2.24) is 19.9 Å². The molecule has 5 heteroatoms. The molecular formula is C9H19N5. The molecular weight excluding hydrogens is 178 g/mol. The van der Waals surface area contributed by atoms with Crippen LogP contribution in [0.25, 0.3) is 0 Å². The smallest absolute Gasteiger partial charge is 0.102 e. The Kier molecular flexibility index (Phi) is 3.23. The van der Waals surface area contributed by atoms with Crippen LogP contribution in [-0.2, 0) is 12.1 Å². The number of aromatic nitrogens is 3. The lowest BCUT2D eigenvalue weighted by atomic mass is 10.0. The Morgan fingerprint density at radius 1 is 1.50 bits per heavy atom. The summed E-state index contributed by atoms with van der Waals surface area (Å²) in [4.78, 5) is 2.11. The molecule has 0 fully saturated rings. The van der Waals surface area contributed by atoms with Crippen molar-refractivity contribution in [3.8, 4) is 0 Å². The SMILES string of the molecule is CN(C)CCn1cc(C(C)(C)N)nn1. The molecule has 0 aliphatic heterocycles. The van der Waals surface area contributed by atoms with Gasteiger partial charge in [-0.3, -0.25) is 4.68 Å². The molecule has 1 aromatic heterocycles. The summed E-state index contributed by atoms with van der Waals surface area (Å²) < 4.78 is 1.82. The predicted octanol–water partition coefficient (Wildman–Crippen LogP) is 0.0335. The van der Waals surface area contributed by atoms with Gasteiger partial charge in [0, 0.05) is 6.54 Å². The summed E-state index contributed by atoms with van der Waals surface area (Å²) >= 11 is 0. The van der Waals surface area contributed by atoms with Crippen molar-refractivity contribution < 1.29 is 0 Å². The van der Waals surface area contributed by atoms with Crippen molar-refractivity contribution in [3.63, 3.8) is 0 Å². The lowest BCUT2D eigenvalue weighted by Gasteiger charge is -2.13. The van der Waals surface area contributed by atoms with Gasteiger partial charge in [-0.25, -0.2) is 0 Å². The average molecular weight is 197 g/mol. The van der Waals surface area contributed by atoms with Crippen molar-refractivity contribution in [3.05, 3.63) is 11.9 Å². The van der Waals surface area contributed by atoms with Gasteiger partial charge in [-0.15, -0.1) is 5.10 Å². The Hall–Kier alpha value is -0.940. The van der Waals surface area contributed by atoms with Crippen LogP contribution in [0, 0.1) is 0 Å². The molecule has 0 aliphatic carbocycles. The van der Waals surface area contributed by atoms with E-state index < -0.39 is 5.54 Å². The van der Waals surface area contributed by atoms with Crippen LogP contribution in [0.15, 0.2) is 6.20 Å². The molecule has 1 aromatic rings. The second-order valence-corrected chi connectivity index (χ2v) is 4.39. The first-order valence-electron chi connectivity index (χ1n) is 4.74. The Labute approximate surface area is 84.9 Å². The highest BCUT2D eigenvalue weighted by molar-refractivity contribution is 5.05. The zero-order valence-electron chi connectivity index (χ0n) is 9.36. The third-order valence-corrected chi connectivity index (χ3v) is 1.98. The van der Waals surface area contributed by atoms with Gasteiger partial charge in [0.15, 0.2) is 0 Å². The number of hydrogen-bond donors (Lipinski definition) is 1. The van der Waals surface area contributed by atoms with E-state index in [0.717, 1.165) is 18.8 Å². The summed E-state index contributed by atoms with van der Waals surface area (Å²) in [6.07, 6.45) is 1.91. The fourth-order valence-corrected chi connectivity index (χ4v) is 1.01. The van der Waals surface area contributed by atoms with Crippen LogP contribution in [-0.4, -0.2) is 40.5 Å². The summed E-state index contributed by atoms with van der Waals surface area (Å²) in [6, 6.07) is 0. The van der Waals surface area contributed by atoms with Gasteiger partial charge < -0.3 is 10.6 Å². The molecule has 1 heterocycles. The van der Waals surface area contributed by atoms with Crippen molar-refractivity contribution in [2.45, 2.75) is 25.9 Å². The second-order valence-electron chi connectivity index (χ2n) is 4.39. The largest absolute Gasteiger partial charge is 0.320 e. The normalized spacial score (nSPS) is 12.4. The van der Waals surface area contributed by atoms with E-state index in [2.05, 4.69) is 15.2 Å². The topological polar surface area (TPSA) is 60.0 Å². The standard InChI is InChI=1S/C9H19N5/c1-9(2,10)8-7-14(12-11-8)6-5-13(3)4/h7H,5-6,10H2,1-4H3. The maximum atomic E-state index is 5.90. The lowest BCUT2D eigenvalue weighted by Crippen LogP contribution is -2.29. The van der Waals surface area contributed by atoms with Crippen LogP contribution in [0.2, 0.25) is 0 Å². The van der Waals surface area contributed by atoms with Gasteiger partial charge in [0.1, 0.15) is 5.69 Å². The first-order valence-corrected chi connectivity index (χ1v) is 4.74. The fourth-order valence-electron chi connectivity index (χ4n) is 1.01. The minimum Gasteiger partial charge on any atom is -0.320 e. The summed E-state index contributed by atoms with van der Waals surface area (Å²) in [5.74, 6) is 0. The first kappa shape index (κ1) is 11.1. The van der Waals surface area contributed by atoms with Crippen LogP contribution in [0.4, 0.5) is 0 Å². The minimum atomic E-state index is -0.406. The van der Waals surface area contributed by atoms with Crippen molar-refractivity contribution in [2.24, 2.45) is 5.73 Å². The molecule has 0 unspecified atom stereocenters. The van der Waals surface area contributed by atoms with Crippen LogP contribution < -0.4 is 5.73 Å². The lowest BCUT2D eigenvalue weighted by molar-refractivity contribution is 0.370. The molecule has 0 spiro atoms. The summed E-state index contributed by atoms with van der Waals surface area (Å²) in [6.45, 7) is 5.64. The third kappa shape index (κ3) is 3.08. The van der Waals surface area contributed by atoms with E-state index in [4.69, 9.17) is 5.73 Å². The molecule has 0 amide bonds. The number of nitrogens with two attached hydrogens (primary N) is 1. The quantitative estimate of drug-likeness (QED) is 0.740. The third-order valence-electron chi connectivity index (χ3n) is 1.98. The van der Waals surface area contributed by atoms with E-state index in [1.54, 1.807) is 0 Å². The number of nitrogens with zero attached hydrogens (tertiary/aromatic N) is 4. The molecule has 0 saturated heterocycles. The van der Waals surface area contributed by atoms with Gasteiger partial charge in [-0.1, -0.05) is 5.21 Å². The van der Waals surface area contributed by atoms with E-state index in [0.29, 0.717) is 0 Å². The maximum Gasteiger partial charge on any atom is 0.102 e. The zero-order chi connectivity index (χ0) is 10.8.